The van der Waals surface area contributed by atoms with Crippen LogP contribution in [0.15, 0.2) is 23.1 Å². The molecule has 1 saturated carbocycles. The Morgan fingerprint density at radius 1 is 1.06 bits per heavy atom. The smallest absolute Gasteiger partial charge is 0.240 e. The van der Waals surface area contributed by atoms with Crippen LogP contribution in [-0.4, -0.2) is 75.3 Å². The van der Waals surface area contributed by atoms with Gasteiger partial charge in [-0.05, 0) is 75.3 Å². The number of benzene rings is 1. The van der Waals surface area contributed by atoms with E-state index in [1.54, 1.807) is 23.1 Å². The van der Waals surface area contributed by atoms with Crippen LogP contribution in [0.3, 0.4) is 0 Å². The first-order valence-corrected chi connectivity index (χ1v) is 14.1. The van der Waals surface area contributed by atoms with Gasteiger partial charge in [-0.3, -0.25) is 9.59 Å². The summed E-state index contributed by atoms with van der Waals surface area (Å²) in [4.78, 5) is 31.2. The quantitative estimate of drug-likeness (QED) is 0.661. The highest BCUT2D eigenvalue weighted by Crippen LogP contribution is 2.34. The topological polar surface area (TPSA) is 90.0 Å². The molecule has 4 rings (SSSR count). The van der Waals surface area contributed by atoms with Crippen molar-refractivity contribution in [3.63, 3.8) is 0 Å². The van der Waals surface area contributed by atoms with Crippen molar-refractivity contribution in [3.05, 3.63) is 23.8 Å². The molecule has 188 valence electrons. The molecular formula is C25H38N4O4S. The van der Waals surface area contributed by atoms with Crippen molar-refractivity contribution in [2.75, 3.05) is 44.2 Å². The lowest BCUT2D eigenvalue weighted by Gasteiger charge is -2.37. The summed E-state index contributed by atoms with van der Waals surface area (Å²) < 4.78 is 28.7. The van der Waals surface area contributed by atoms with Crippen molar-refractivity contribution in [2.24, 2.45) is 11.8 Å². The normalized spacial score (nSPS) is 25.9. The van der Waals surface area contributed by atoms with Gasteiger partial charge in [0.15, 0.2) is 0 Å². The third kappa shape index (κ3) is 5.31. The average Bonchev–Trinajstić information content (AvgIpc) is 3.18. The number of likely N-dealkylation sites (N-methyl/N-ethyl adjacent to an activating group) is 1. The maximum atomic E-state index is 12.9. The zero-order valence-electron chi connectivity index (χ0n) is 20.6. The predicted molar refractivity (Wildman–Crippen MR) is 132 cm³/mol. The van der Waals surface area contributed by atoms with Crippen molar-refractivity contribution >= 4 is 27.5 Å². The molecule has 0 aromatic heterocycles. The lowest BCUT2D eigenvalue weighted by molar-refractivity contribution is -0.138. The molecule has 1 saturated heterocycles. The Morgan fingerprint density at radius 3 is 2.35 bits per heavy atom. The Kier molecular flexibility index (Phi) is 7.64. The van der Waals surface area contributed by atoms with Gasteiger partial charge in [-0.2, -0.15) is 0 Å². The van der Waals surface area contributed by atoms with Gasteiger partial charge in [0.2, 0.25) is 21.8 Å². The zero-order chi connectivity index (χ0) is 24.5. The lowest BCUT2D eigenvalue weighted by atomic mass is 9.81. The van der Waals surface area contributed by atoms with Crippen LogP contribution >= 0.6 is 0 Å². The molecule has 2 aliphatic heterocycles. The van der Waals surface area contributed by atoms with Crippen molar-refractivity contribution < 1.29 is 18.0 Å². The van der Waals surface area contributed by atoms with Crippen molar-refractivity contribution in [1.82, 2.24) is 14.5 Å². The lowest BCUT2D eigenvalue weighted by Crippen LogP contribution is -2.50. The Hall–Kier alpha value is -1.97. The van der Waals surface area contributed by atoms with Crippen molar-refractivity contribution in [3.8, 4) is 0 Å². The number of sulfonamides is 1. The molecule has 9 heteroatoms. The highest BCUT2D eigenvalue weighted by Gasteiger charge is 2.32. The third-order valence-electron chi connectivity index (χ3n) is 7.81. The van der Waals surface area contributed by atoms with E-state index in [1.807, 2.05) is 11.8 Å². The number of carbonyl (C=O) groups excluding carboxylic acids is 2. The van der Waals surface area contributed by atoms with Gasteiger partial charge in [0.25, 0.3) is 0 Å². The summed E-state index contributed by atoms with van der Waals surface area (Å²) in [6.07, 6.45) is 4.05. The van der Waals surface area contributed by atoms with Gasteiger partial charge in [-0.15, -0.1) is 0 Å². The number of rotatable bonds is 6. The molecular weight excluding hydrogens is 452 g/mol. The number of hydrogen-bond donors (Lipinski definition) is 1. The van der Waals surface area contributed by atoms with E-state index in [2.05, 4.69) is 16.5 Å². The number of nitrogens with one attached hydrogen (secondary N) is 1. The Morgan fingerprint density at radius 2 is 1.74 bits per heavy atom. The molecule has 0 radical (unpaired) electrons. The SMILES string of the molecule is CCN1CCN(C(=O)C2CCC(CNS(=O)(=O)c3ccc4c(c3)CC(C)N4C(C)=O)CC2)CC1. The molecule has 8 nitrogen and oxygen atoms in total. The minimum atomic E-state index is -3.62. The summed E-state index contributed by atoms with van der Waals surface area (Å²) in [5.41, 5.74) is 1.70. The number of carbonyl (C=O) groups is 2. The van der Waals surface area contributed by atoms with E-state index in [4.69, 9.17) is 0 Å². The Bertz CT molecular complexity index is 1010. The Balaban J connectivity index is 1.28. The minimum absolute atomic E-state index is 0.0303. The van der Waals surface area contributed by atoms with Crippen LogP contribution < -0.4 is 9.62 Å². The first-order valence-electron chi connectivity index (χ1n) is 12.6. The molecule has 1 aromatic carbocycles. The molecule has 2 amide bonds. The van der Waals surface area contributed by atoms with Crippen LogP contribution in [-0.2, 0) is 26.0 Å². The van der Waals surface area contributed by atoms with Gasteiger partial charge in [0.05, 0.1) is 4.90 Å². The highest BCUT2D eigenvalue weighted by molar-refractivity contribution is 7.89. The number of hydrogen-bond acceptors (Lipinski definition) is 5. The number of piperazine rings is 1. The van der Waals surface area contributed by atoms with E-state index in [0.717, 1.165) is 69.7 Å². The van der Waals surface area contributed by atoms with Gasteiger partial charge in [0.1, 0.15) is 0 Å². The van der Waals surface area contributed by atoms with Gasteiger partial charge in [-0.25, -0.2) is 13.1 Å². The van der Waals surface area contributed by atoms with Gasteiger partial charge < -0.3 is 14.7 Å². The molecule has 1 unspecified atom stereocenters. The first-order chi connectivity index (χ1) is 16.2. The molecule has 1 atom stereocenters. The fourth-order valence-electron chi connectivity index (χ4n) is 5.72. The number of amides is 2. The summed E-state index contributed by atoms with van der Waals surface area (Å²) in [5, 5.41) is 0. The van der Waals surface area contributed by atoms with Crippen LogP contribution in [0.4, 0.5) is 5.69 Å². The molecule has 0 bridgehead atoms. The zero-order valence-corrected chi connectivity index (χ0v) is 21.4. The fraction of sp³-hybridized carbons (Fsp3) is 0.680. The van der Waals surface area contributed by atoms with Crippen LogP contribution in [0, 0.1) is 11.8 Å². The summed E-state index contributed by atoms with van der Waals surface area (Å²) >= 11 is 0. The third-order valence-corrected chi connectivity index (χ3v) is 9.23. The predicted octanol–water partition coefficient (Wildman–Crippen LogP) is 2.23. The van der Waals surface area contributed by atoms with Crippen LogP contribution in [0.1, 0.15) is 52.0 Å². The second kappa shape index (κ2) is 10.3. The van der Waals surface area contributed by atoms with Gasteiger partial charge >= 0.3 is 0 Å². The molecule has 2 fully saturated rings. The van der Waals surface area contributed by atoms with E-state index >= 15 is 0 Å². The van der Waals surface area contributed by atoms with Crippen LogP contribution in [0.2, 0.25) is 0 Å². The van der Waals surface area contributed by atoms with Crippen LogP contribution in [0.5, 0.6) is 0 Å². The van der Waals surface area contributed by atoms with Crippen molar-refractivity contribution in [2.45, 2.75) is 63.8 Å². The summed E-state index contributed by atoms with van der Waals surface area (Å²) in [7, 11) is -3.62. The average molecular weight is 491 g/mol. The standard InChI is InChI=1S/C25H38N4O4S/c1-4-27-11-13-28(14-12-27)25(31)21-7-5-20(6-8-21)17-26-34(32,33)23-9-10-24-22(16-23)15-18(2)29(24)19(3)30/h9-10,16,18,20-21,26H,4-8,11-15,17H2,1-3H3. The maximum Gasteiger partial charge on any atom is 0.240 e. The minimum Gasteiger partial charge on any atom is -0.340 e. The largest absolute Gasteiger partial charge is 0.340 e. The highest BCUT2D eigenvalue weighted by atomic mass is 32.2. The second-order valence-electron chi connectivity index (χ2n) is 10.1. The molecule has 3 aliphatic rings. The van der Waals surface area contributed by atoms with Crippen LogP contribution in [0.25, 0.3) is 0 Å². The first kappa shape index (κ1) is 25.1. The number of nitrogens with zero attached hydrogens (tertiary/aromatic N) is 3. The van der Waals surface area contributed by atoms with E-state index in [9.17, 15) is 18.0 Å². The van der Waals surface area contributed by atoms with E-state index in [1.165, 1.54) is 6.92 Å². The van der Waals surface area contributed by atoms with Gasteiger partial charge in [0, 0.05) is 57.3 Å². The molecule has 0 spiro atoms. The fourth-order valence-corrected chi connectivity index (χ4v) is 6.89. The monoisotopic (exact) mass is 490 g/mol. The summed E-state index contributed by atoms with van der Waals surface area (Å²) in [5.74, 6) is 0.571. The molecule has 1 aliphatic carbocycles. The van der Waals surface area contributed by atoms with Crippen molar-refractivity contribution in [1.29, 1.82) is 0 Å². The molecule has 34 heavy (non-hydrogen) atoms. The van der Waals surface area contributed by atoms with E-state index in [-0.39, 0.29) is 34.6 Å². The summed E-state index contributed by atoms with van der Waals surface area (Å²) in [6.45, 7) is 10.6. The number of anilines is 1. The maximum absolute atomic E-state index is 12.9. The Labute approximate surface area is 203 Å². The molecule has 1 aromatic rings. The molecule has 1 N–H and O–H groups in total. The summed E-state index contributed by atoms with van der Waals surface area (Å²) in [6, 6.07) is 5.06. The number of fused-ring (bicyclic) bond motifs is 1. The van der Waals surface area contributed by atoms with Gasteiger partial charge in [-0.1, -0.05) is 6.92 Å². The van der Waals surface area contributed by atoms with E-state index < -0.39 is 10.0 Å². The van der Waals surface area contributed by atoms with E-state index in [0.29, 0.717) is 13.0 Å². The molecule has 2 heterocycles. The second-order valence-corrected chi connectivity index (χ2v) is 11.8.